The molecule has 1 aliphatic rings. The largest absolute Gasteiger partial charge is 0.265 e. The first-order valence-electron chi connectivity index (χ1n) is 13.6. The molecule has 0 amide bonds. The molecule has 1 heterocycles. The SMILES string of the molecule is Cc1ccc(S(=O)(=O)N2CC(C[Si](c3ccccc3)(c3ccccc3)C(C)(C)C)C=C2c2ccccc2)cc1. The smallest absolute Gasteiger partial charge is 0.264 e. The lowest BCUT2D eigenvalue weighted by molar-refractivity contribution is 0.497. The molecule has 1 unspecified atom stereocenters. The van der Waals surface area contributed by atoms with Crippen molar-refractivity contribution < 1.29 is 8.42 Å². The van der Waals surface area contributed by atoms with Crippen LogP contribution < -0.4 is 10.4 Å². The summed E-state index contributed by atoms with van der Waals surface area (Å²) in [6.07, 6.45) is 2.22. The van der Waals surface area contributed by atoms with E-state index in [1.54, 1.807) is 16.4 Å². The van der Waals surface area contributed by atoms with Gasteiger partial charge in [-0.1, -0.05) is 146 Å². The fraction of sp³-hybridized carbons (Fsp3) is 0.235. The summed E-state index contributed by atoms with van der Waals surface area (Å²) in [6.45, 7) is 9.48. The molecule has 0 saturated carbocycles. The van der Waals surface area contributed by atoms with Gasteiger partial charge in [-0.15, -0.1) is 0 Å². The van der Waals surface area contributed by atoms with Crippen molar-refractivity contribution in [3.05, 3.63) is 132 Å². The predicted octanol–water partition coefficient (Wildman–Crippen LogP) is 6.72. The summed E-state index contributed by atoms with van der Waals surface area (Å²) in [7, 11) is -6.11. The Hall–Kier alpha value is -3.41. The van der Waals surface area contributed by atoms with Crippen molar-refractivity contribution in [2.24, 2.45) is 5.92 Å². The number of aryl methyl sites for hydroxylation is 1. The second kappa shape index (κ2) is 10.6. The minimum Gasteiger partial charge on any atom is -0.265 e. The third-order valence-corrected chi connectivity index (χ3v) is 16.3. The molecule has 4 aromatic carbocycles. The molecule has 0 radical (unpaired) electrons. The quantitative estimate of drug-likeness (QED) is 0.239. The van der Waals surface area contributed by atoms with Gasteiger partial charge in [-0.05, 0) is 41.6 Å². The molecule has 0 aromatic heterocycles. The Labute approximate surface area is 234 Å². The van der Waals surface area contributed by atoms with Gasteiger partial charge in [0.25, 0.3) is 10.0 Å². The van der Waals surface area contributed by atoms with E-state index in [9.17, 15) is 8.42 Å². The van der Waals surface area contributed by atoms with Crippen LogP contribution in [0.3, 0.4) is 0 Å². The van der Waals surface area contributed by atoms with Crippen molar-refractivity contribution in [1.82, 2.24) is 4.31 Å². The van der Waals surface area contributed by atoms with Crippen LogP contribution in [0.15, 0.2) is 126 Å². The van der Waals surface area contributed by atoms with E-state index in [4.69, 9.17) is 0 Å². The highest BCUT2D eigenvalue weighted by Gasteiger charge is 2.50. The summed E-state index contributed by atoms with van der Waals surface area (Å²) in [5.41, 5.74) is 2.75. The third kappa shape index (κ3) is 5.13. The van der Waals surface area contributed by atoms with Crippen LogP contribution in [0.5, 0.6) is 0 Å². The van der Waals surface area contributed by atoms with Gasteiger partial charge >= 0.3 is 0 Å². The Balaban J connectivity index is 1.64. The Morgan fingerprint density at radius 1 is 0.744 bits per heavy atom. The molecule has 200 valence electrons. The molecule has 5 rings (SSSR count). The molecule has 0 bridgehead atoms. The molecular formula is C34H37NO2SSi. The minimum atomic E-state index is -3.73. The van der Waals surface area contributed by atoms with Crippen molar-refractivity contribution in [1.29, 1.82) is 0 Å². The lowest BCUT2D eigenvalue weighted by Crippen LogP contribution is -2.65. The van der Waals surface area contributed by atoms with Gasteiger partial charge in [0.05, 0.1) is 10.6 Å². The highest BCUT2D eigenvalue weighted by atomic mass is 32.2. The zero-order valence-electron chi connectivity index (χ0n) is 23.2. The Kier molecular flexibility index (Phi) is 7.40. The van der Waals surface area contributed by atoms with E-state index in [2.05, 4.69) is 87.5 Å². The summed E-state index contributed by atoms with van der Waals surface area (Å²) in [5.74, 6) is 0.0757. The number of hydrogen-bond donors (Lipinski definition) is 0. The zero-order valence-corrected chi connectivity index (χ0v) is 25.0. The summed E-state index contributed by atoms with van der Waals surface area (Å²) < 4.78 is 29.8. The Bertz CT molecular complexity index is 1500. The van der Waals surface area contributed by atoms with Crippen LogP contribution in [0.4, 0.5) is 0 Å². The summed E-state index contributed by atoms with van der Waals surface area (Å²) in [6, 6.07) is 39.9. The molecule has 0 N–H and O–H groups in total. The second-order valence-electron chi connectivity index (χ2n) is 11.6. The molecule has 4 aromatic rings. The average molecular weight is 552 g/mol. The van der Waals surface area contributed by atoms with Crippen molar-refractivity contribution in [3.63, 3.8) is 0 Å². The van der Waals surface area contributed by atoms with Crippen LogP contribution in [-0.4, -0.2) is 27.3 Å². The molecule has 1 aliphatic heterocycles. The van der Waals surface area contributed by atoms with E-state index in [0.717, 1.165) is 22.9 Å². The molecule has 0 fully saturated rings. The third-order valence-electron chi connectivity index (χ3n) is 8.12. The molecule has 1 atom stereocenters. The molecule has 39 heavy (non-hydrogen) atoms. The topological polar surface area (TPSA) is 37.4 Å². The Morgan fingerprint density at radius 3 is 1.72 bits per heavy atom. The van der Waals surface area contributed by atoms with Gasteiger partial charge in [-0.25, -0.2) is 8.42 Å². The van der Waals surface area contributed by atoms with Crippen LogP contribution in [0.25, 0.3) is 5.70 Å². The standard InChI is InChI=1S/C34H37NO2SSi/c1-27-20-22-30(23-21-27)38(36,37)35-25-28(24-33(35)29-14-8-5-9-15-29)26-39(34(2,3)4,31-16-10-6-11-17-31)32-18-12-7-13-19-32/h5-24,28H,25-26H2,1-4H3. The molecule has 0 saturated heterocycles. The summed E-state index contributed by atoms with van der Waals surface area (Å²) >= 11 is 0. The average Bonchev–Trinajstić information content (AvgIpc) is 3.38. The monoisotopic (exact) mass is 551 g/mol. The molecule has 5 heteroatoms. The van der Waals surface area contributed by atoms with Crippen LogP contribution in [-0.2, 0) is 10.0 Å². The van der Waals surface area contributed by atoms with Crippen LogP contribution >= 0.6 is 0 Å². The first kappa shape index (κ1) is 27.2. The lowest BCUT2D eigenvalue weighted by atomic mass is 10.1. The van der Waals surface area contributed by atoms with Crippen LogP contribution in [0.1, 0.15) is 31.9 Å². The first-order valence-corrected chi connectivity index (χ1v) is 17.3. The van der Waals surface area contributed by atoms with Gasteiger partial charge < -0.3 is 0 Å². The fourth-order valence-corrected chi connectivity index (χ4v) is 13.4. The number of hydrogen-bond acceptors (Lipinski definition) is 2. The van der Waals surface area contributed by atoms with E-state index in [0.29, 0.717) is 11.4 Å². The number of nitrogens with zero attached hydrogens (tertiary/aromatic N) is 1. The highest BCUT2D eigenvalue weighted by molar-refractivity contribution is 7.89. The van der Waals surface area contributed by atoms with Crippen LogP contribution in [0.2, 0.25) is 11.1 Å². The number of rotatable bonds is 7. The maximum Gasteiger partial charge on any atom is 0.264 e. The fourth-order valence-electron chi connectivity index (χ4n) is 6.12. The number of sulfonamides is 1. The predicted molar refractivity (Wildman–Crippen MR) is 165 cm³/mol. The first-order chi connectivity index (χ1) is 18.6. The normalized spacial score (nSPS) is 16.3. The zero-order chi connectivity index (χ0) is 27.7. The Morgan fingerprint density at radius 2 is 1.23 bits per heavy atom. The van der Waals surface area contributed by atoms with E-state index in [1.807, 2.05) is 49.4 Å². The van der Waals surface area contributed by atoms with E-state index in [-0.39, 0.29) is 11.0 Å². The van der Waals surface area contributed by atoms with Gasteiger partial charge in [-0.2, -0.15) is 0 Å². The second-order valence-corrected chi connectivity index (χ2v) is 18.4. The van der Waals surface area contributed by atoms with Gasteiger partial charge in [-0.3, -0.25) is 4.31 Å². The van der Waals surface area contributed by atoms with E-state index < -0.39 is 18.1 Å². The minimum absolute atomic E-state index is 0.000289. The number of benzene rings is 4. The highest BCUT2D eigenvalue weighted by Crippen LogP contribution is 2.44. The van der Waals surface area contributed by atoms with Crippen molar-refractivity contribution in [2.45, 2.75) is 43.7 Å². The molecule has 3 nitrogen and oxygen atoms in total. The molecule has 0 aliphatic carbocycles. The summed E-state index contributed by atoms with van der Waals surface area (Å²) in [5, 5.41) is 2.77. The maximum atomic E-state index is 14.1. The van der Waals surface area contributed by atoms with Crippen LogP contribution in [0, 0.1) is 12.8 Å². The van der Waals surface area contributed by atoms with E-state index >= 15 is 0 Å². The summed E-state index contributed by atoms with van der Waals surface area (Å²) in [4.78, 5) is 0.334. The lowest BCUT2D eigenvalue weighted by Gasteiger charge is -2.45. The van der Waals surface area contributed by atoms with Gasteiger partial charge in [0.15, 0.2) is 0 Å². The maximum absolute atomic E-state index is 14.1. The van der Waals surface area contributed by atoms with Crippen molar-refractivity contribution in [3.8, 4) is 0 Å². The van der Waals surface area contributed by atoms with Crippen molar-refractivity contribution in [2.75, 3.05) is 6.54 Å². The van der Waals surface area contributed by atoms with Gasteiger partial charge in [0, 0.05) is 6.54 Å². The molecular weight excluding hydrogens is 515 g/mol. The van der Waals surface area contributed by atoms with E-state index in [1.165, 1.54) is 10.4 Å². The van der Waals surface area contributed by atoms with Crippen molar-refractivity contribution >= 4 is 34.2 Å². The van der Waals surface area contributed by atoms with Gasteiger partial charge in [0.1, 0.15) is 8.07 Å². The molecule has 0 spiro atoms. The van der Waals surface area contributed by atoms with Gasteiger partial charge in [0.2, 0.25) is 0 Å².